The minimum absolute atomic E-state index is 0.146. The number of hydrogen-bond donors (Lipinski definition) is 1. The number of fused-ring (bicyclic) bond motifs is 1. The van der Waals surface area contributed by atoms with Crippen molar-refractivity contribution in [1.29, 1.82) is 0 Å². The van der Waals surface area contributed by atoms with Crippen LogP contribution in [0, 0.1) is 6.92 Å². The predicted molar refractivity (Wildman–Crippen MR) is 112 cm³/mol. The molecule has 6 heteroatoms. The largest absolute Gasteiger partial charge is 0.347 e. The van der Waals surface area contributed by atoms with Gasteiger partial charge in [0.15, 0.2) is 0 Å². The molecular formula is C23H22N4O2. The topological polar surface area (TPSA) is 75.2 Å². The van der Waals surface area contributed by atoms with E-state index in [9.17, 15) is 9.59 Å². The standard InChI is InChI=1S/C23H22N4O2/c1-15-4-3-5-20(26-15)23(29)25-13-16-10-19(14-24-12-16)17-6-8-21-18(11-17)7-9-22(28)27(21)2/h3-6,8,10-12,14H,7,9,13H2,1-2H3,(H,25,29). The molecule has 0 fully saturated rings. The van der Waals surface area contributed by atoms with Gasteiger partial charge in [-0.25, -0.2) is 4.98 Å². The molecule has 0 unspecified atom stereocenters. The van der Waals surface area contributed by atoms with Gasteiger partial charge < -0.3 is 10.2 Å². The first-order chi connectivity index (χ1) is 14.0. The SMILES string of the molecule is Cc1cccc(C(=O)NCc2cncc(-c3ccc4c(c3)CCC(=O)N4C)c2)n1. The first-order valence-corrected chi connectivity index (χ1v) is 9.57. The summed E-state index contributed by atoms with van der Waals surface area (Å²) >= 11 is 0. The van der Waals surface area contributed by atoms with Gasteiger partial charge in [0.1, 0.15) is 5.69 Å². The minimum atomic E-state index is -0.208. The third-order valence-corrected chi connectivity index (χ3v) is 5.13. The van der Waals surface area contributed by atoms with Crippen molar-refractivity contribution in [3.63, 3.8) is 0 Å². The molecule has 0 saturated heterocycles. The van der Waals surface area contributed by atoms with Crippen molar-refractivity contribution < 1.29 is 9.59 Å². The Bertz CT molecular complexity index is 1090. The number of carbonyl (C=O) groups excluding carboxylic acids is 2. The van der Waals surface area contributed by atoms with Gasteiger partial charge in [-0.1, -0.05) is 12.1 Å². The molecule has 146 valence electrons. The third-order valence-electron chi connectivity index (χ3n) is 5.13. The van der Waals surface area contributed by atoms with Gasteiger partial charge in [0.2, 0.25) is 5.91 Å². The number of aryl methyl sites for hydroxylation is 2. The second kappa shape index (κ2) is 7.83. The average molecular weight is 386 g/mol. The molecule has 1 aromatic carbocycles. The summed E-state index contributed by atoms with van der Waals surface area (Å²) in [7, 11) is 1.81. The Hall–Kier alpha value is -3.54. The highest BCUT2D eigenvalue weighted by Gasteiger charge is 2.21. The summed E-state index contributed by atoms with van der Waals surface area (Å²) in [6.07, 6.45) is 4.84. The molecule has 2 amide bonds. The Morgan fingerprint density at radius 3 is 2.79 bits per heavy atom. The van der Waals surface area contributed by atoms with Crippen LogP contribution in [0.1, 0.15) is 33.7 Å². The highest BCUT2D eigenvalue weighted by molar-refractivity contribution is 5.96. The molecule has 0 radical (unpaired) electrons. The van der Waals surface area contributed by atoms with Gasteiger partial charge in [0.25, 0.3) is 5.91 Å². The maximum absolute atomic E-state index is 12.3. The van der Waals surface area contributed by atoms with Crippen LogP contribution in [0.2, 0.25) is 0 Å². The smallest absolute Gasteiger partial charge is 0.270 e. The molecule has 0 aliphatic carbocycles. The lowest BCUT2D eigenvalue weighted by Crippen LogP contribution is -2.30. The number of nitrogens with zero attached hydrogens (tertiary/aromatic N) is 3. The Labute approximate surface area is 169 Å². The van der Waals surface area contributed by atoms with Crippen LogP contribution >= 0.6 is 0 Å². The predicted octanol–water partition coefficient (Wildman–Crippen LogP) is 3.29. The van der Waals surface area contributed by atoms with E-state index >= 15 is 0 Å². The van der Waals surface area contributed by atoms with Crippen molar-refractivity contribution in [3.8, 4) is 11.1 Å². The van der Waals surface area contributed by atoms with E-state index in [-0.39, 0.29) is 11.8 Å². The van der Waals surface area contributed by atoms with Crippen LogP contribution in [0.3, 0.4) is 0 Å². The van der Waals surface area contributed by atoms with Crippen molar-refractivity contribution in [2.45, 2.75) is 26.3 Å². The molecule has 1 aliphatic heterocycles. The second-order valence-electron chi connectivity index (χ2n) is 7.22. The number of benzene rings is 1. The lowest BCUT2D eigenvalue weighted by Gasteiger charge is -2.26. The van der Waals surface area contributed by atoms with Crippen LogP contribution in [-0.2, 0) is 17.8 Å². The van der Waals surface area contributed by atoms with Gasteiger partial charge in [-0.05, 0) is 60.4 Å². The van der Waals surface area contributed by atoms with E-state index in [1.54, 1.807) is 17.2 Å². The number of anilines is 1. The fourth-order valence-corrected chi connectivity index (χ4v) is 3.52. The lowest BCUT2D eigenvalue weighted by molar-refractivity contribution is -0.118. The Morgan fingerprint density at radius 2 is 1.97 bits per heavy atom. The van der Waals surface area contributed by atoms with Crippen molar-refractivity contribution >= 4 is 17.5 Å². The van der Waals surface area contributed by atoms with E-state index in [1.807, 2.05) is 50.5 Å². The van der Waals surface area contributed by atoms with Crippen LogP contribution in [0.5, 0.6) is 0 Å². The molecule has 3 heterocycles. The highest BCUT2D eigenvalue weighted by atomic mass is 16.2. The molecular weight excluding hydrogens is 364 g/mol. The van der Waals surface area contributed by atoms with Crippen LogP contribution in [0.4, 0.5) is 5.69 Å². The normalized spacial score (nSPS) is 13.2. The van der Waals surface area contributed by atoms with Crippen LogP contribution in [0.25, 0.3) is 11.1 Å². The fraction of sp³-hybridized carbons (Fsp3) is 0.217. The van der Waals surface area contributed by atoms with E-state index < -0.39 is 0 Å². The Balaban J connectivity index is 1.50. The zero-order chi connectivity index (χ0) is 20.4. The summed E-state index contributed by atoms with van der Waals surface area (Å²) in [5, 5.41) is 2.90. The molecule has 29 heavy (non-hydrogen) atoms. The minimum Gasteiger partial charge on any atom is -0.347 e. The molecule has 0 saturated carbocycles. The van der Waals surface area contributed by atoms with Crippen LogP contribution < -0.4 is 10.2 Å². The summed E-state index contributed by atoms with van der Waals surface area (Å²) in [6, 6.07) is 13.5. The number of amides is 2. The molecule has 0 bridgehead atoms. The monoisotopic (exact) mass is 386 g/mol. The Morgan fingerprint density at radius 1 is 1.10 bits per heavy atom. The van der Waals surface area contributed by atoms with Crippen LogP contribution in [-0.4, -0.2) is 28.8 Å². The second-order valence-corrected chi connectivity index (χ2v) is 7.22. The van der Waals surface area contributed by atoms with Gasteiger partial charge in [-0.3, -0.25) is 14.6 Å². The number of carbonyl (C=O) groups is 2. The molecule has 6 nitrogen and oxygen atoms in total. The molecule has 0 spiro atoms. The van der Waals surface area contributed by atoms with Crippen molar-refractivity contribution in [1.82, 2.24) is 15.3 Å². The zero-order valence-electron chi connectivity index (χ0n) is 16.5. The summed E-state index contributed by atoms with van der Waals surface area (Å²) < 4.78 is 0. The number of nitrogens with one attached hydrogen (secondary N) is 1. The van der Waals surface area contributed by atoms with E-state index in [4.69, 9.17) is 0 Å². The van der Waals surface area contributed by atoms with Gasteiger partial charge in [-0.2, -0.15) is 0 Å². The Kier molecular flexibility index (Phi) is 5.08. The molecule has 4 rings (SSSR count). The van der Waals surface area contributed by atoms with Gasteiger partial charge in [-0.15, -0.1) is 0 Å². The number of rotatable bonds is 4. The van der Waals surface area contributed by atoms with Gasteiger partial charge in [0.05, 0.1) is 0 Å². The number of hydrogen-bond acceptors (Lipinski definition) is 4. The summed E-state index contributed by atoms with van der Waals surface area (Å²) in [5.74, 6) is -0.0617. The van der Waals surface area contributed by atoms with Crippen molar-refractivity contribution in [2.75, 3.05) is 11.9 Å². The van der Waals surface area contributed by atoms with Gasteiger partial charge >= 0.3 is 0 Å². The zero-order valence-corrected chi connectivity index (χ0v) is 16.5. The maximum atomic E-state index is 12.3. The van der Waals surface area contributed by atoms with E-state index in [1.165, 1.54) is 0 Å². The van der Waals surface area contributed by atoms with Crippen molar-refractivity contribution in [2.24, 2.45) is 0 Å². The van der Waals surface area contributed by atoms with E-state index in [2.05, 4.69) is 21.4 Å². The highest BCUT2D eigenvalue weighted by Crippen LogP contribution is 2.31. The first-order valence-electron chi connectivity index (χ1n) is 9.57. The van der Waals surface area contributed by atoms with E-state index in [0.29, 0.717) is 18.7 Å². The van der Waals surface area contributed by atoms with E-state index in [0.717, 1.165) is 40.1 Å². The van der Waals surface area contributed by atoms with Crippen LogP contribution in [0.15, 0.2) is 54.9 Å². The third kappa shape index (κ3) is 4.01. The number of aromatic nitrogens is 2. The number of pyridine rings is 2. The van der Waals surface area contributed by atoms with Gasteiger partial charge in [0, 0.05) is 49.4 Å². The fourth-order valence-electron chi connectivity index (χ4n) is 3.52. The average Bonchev–Trinajstić information content (AvgIpc) is 2.74. The summed E-state index contributed by atoms with van der Waals surface area (Å²) in [5.41, 5.74) is 6.28. The molecule has 1 aliphatic rings. The molecule has 1 N–H and O–H groups in total. The van der Waals surface area contributed by atoms with Crippen molar-refractivity contribution in [3.05, 3.63) is 77.4 Å². The summed E-state index contributed by atoms with van der Waals surface area (Å²) in [4.78, 5) is 34.5. The first kappa shape index (κ1) is 18.8. The molecule has 0 atom stereocenters. The molecule has 2 aromatic heterocycles. The summed E-state index contributed by atoms with van der Waals surface area (Å²) in [6.45, 7) is 2.23. The quantitative estimate of drug-likeness (QED) is 0.747. The molecule has 3 aromatic rings. The lowest BCUT2D eigenvalue weighted by atomic mass is 9.96. The maximum Gasteiger partial charge on any atom is 0.270 e.